The highest BCUT2D eigenvalue weighted by Gasteiger charge is 2.03. The van der Waals surface area contributed by atoms with Gasteiger partial charge in [-0.2, -0.15) is 0 Å². The van der Waals surface area contributed by atoms with E-state index in [0.29, 0.717) is 11.0 Å². The molecule has 0 atom stereocenters. The van der Waals surface area contributed by atoms with Gasteiger partial charge in [0.15, 0.2) is 5.11 Å². The van der Waals surface area contributed by atoms with Crippen LogP contribution in [0.5, 0.6) is 0 Å². The van der Waals surface area contributed by atoms with Crippen LogP contribution < -0.4 is 10.6 Å². The fraction of sp³-hybridized carbons (Fsp3) is 0.294. The van der Waals surface area contributed by atoms with Crippen LogP contribution in [0, 0.1) is 13.8 Å². The molecule has 0 radical (unpaired) electrons. The molecule has 0 saturated carbocycles. The van der Waals surface area contributed by atoms with Crippen molar-refractivity contribution in [1.82, 2.24) is 4.98 Å². The highest BCUT2D eigenvalue weighted by atomic mass is 32.1. The smallest absolute Gasteiger partial charge is 0.176 e. The molecule has 0 aliphatic rings. The molecule has 3 nitrogen and oxygen atoms in total. The maximum absolute atomic E-state index is 5.33. The van der Waals surface area contributed by atoms with Crippen LogP contribution in [0.15, 0.2) is 36.4 Å². The molecule has 0 unspecified atom stereocenters. The minimum Gasteiger partial charge on any atom is -0.332 e. The molecule has 2 aromatic rings. The zero-order chi connectivity index (χ0) is 15.4. The first-order valence-electron chi connectivity index (χ1n) is 7.07. The Morgan fingerprint density at radius 2 is 1.71 bits per heavy atom. The van der Waals surface area contributed by atoms with Crippen molar-refractivity contribution in [3.8, 4) is 0 Å². The predicted molar refractivity (Wildman–Crippen MR) is 94.1 cm³/mol. The summed E-state index contributed by atoms with van der Waals surface area (Å²) >= 11 is 5.33. The SMILES string of the molecule is Cc1cc(C)nc(NC(=S)Nc2ccc(C(C)C)cc2)c1. The third-order valence-corrected chi connectivity index (χ3v) is 3.38. The van der Waals surface area contributed by atoms with Gasteiger partial charge in [-0.15, -0.1) is 0 Å². The van der Waals surface area contributed by atoms with Gasteiger partial charge in [-0.25, -0.2) is 4.98 Å². The minimum absolute atomic E-state index is 0.531. The van der Waals surface area contributed by atoms with Crippen molar-refractivity contribution in [1.29, 1.82) is 0 Å². The van der Waals surface area contributed by atoms with Gasteiger partial charge in [0, 0.05) is 11.4 Å². The number of thiocarbonyl (C=S) groups is 1. The van der Waals surface area contributed by atoms with Crippen LogP contribution >= 0.6 is 12.2 Å². The molecule has 1 aromatic heterocycles. The van der Waals surface area contributed by atoms with E-state index in [1.54, 1.807) is 0 Å². The molecule has 0 saturated heterocycles. The average Bonchev–Trinajstić information content (AvgIpc) is 2.37. The van der Waals surface area contributed by atoms with Crippen molar-refractivity contribution >= 4 is 28.8 Å². The summed E-state index contributed by atoms with van der Waals surface area (Å²) in [7, 11) is 0. The van der Waals surface area contributed by atoms with Gasteiger partial charge in [0.25, 0.3) is 0 Å². The van der Waals surface area contributed by atoms with Crippen molar-refractivity contribution in [2.24, 2.45) is 0 Å². The summed E-state index contributed by atoms with van der Waals surface area (Å²) in [5.74, 6) is 1.30. The number of anilines is 2. The van der Waals surface area contributed by atoms with Crippen molar-refractivity contribution in [3.63, 3.8) is 0 Å². The van der Waals surface area contributed by atoms with Gasteiger partial charge in [-0.1, -0.05) is 26.0 Å². The van der Waals surface area contributed by atoms with E-state index >= 15 is 0 Å². The molecule has 0 spiro atoms. The molecule has 0 aliphatic carbocycles. The van der Waals surface area contributed by atoms with Crippen LogP contribution in [0.2, 0.25) is 0 Å². The molecule has 1 heterocycles. The van der Waals surface area contributed by atoms with E-state index in [1.807, 2.05) is 38.1 Å². The van der Waals surface area contributed by atoms with Gasteiger partial charge >= 0.3 is 0 Å². The quantitative estimate of drug-likeness (QED) is 0.810. The van der Waals surface area contributed by atoms with Gasteiger partial charge in [0.05, 0.1) is 0 Å². The standard InChI is InChI=1S/C17H21N3S/c1-11(2)14-5-7-15(8-6-14)19-17(21)20-16-10-12(3)9-13(4)18-16/h5-11H,1-4H3,(H2,18,19,20,21). The van der Waals surface area contributed by atoms with Crippen molar-refractivity contribution in [2.75, 3.05) is 10.6 Å². The molecule has 0 bridgehead atoms. The van der Waals surface area contributed by atoms with E-state index in [1.165, 1.54) is 5.56 Å². The molecule has 2 N–H and O–H groups in total. The summed E-state index contributed by atoms with van der Waals surface area (Å²) in [6.07, 6.45) is 0. The lowest BCUT2D eigenvalue weighted by Gasteiger charge is -2.12. The second kappa shape index (κ2) is 6.68. The lowest BCUT2D eigenvalue weighted by Crippen LogP contribution is -2.20. The summed E-state index contributed by atoms with van der Waals surface area (Å²) in [5.41, 5.74) is 4.42. The fourth-order valence-corrected chi connectivity index (χ4v) is 2.36. The first-order chi connectivity index (χ1) is 9.94. The molecule has 21 heavy (non-hydrogen) atoms. The average molecular weight is 299 g/mol. The zero-order valence-electron chi connectivity index (χ0n) is 12.9. The Morgan fingerprint density at radius 3 is 2.29 bits per heavy atom. The molecule has 2 rings (SSSR count). The molecular weight excluding hydrogens is 278 g/mol. The number of nitrogens with one attached hydrogen (secondary N) is 2. The Kier molecular flexibility index (Phi) is 4.91. The molecule has 110 valence electrons. The molecule has 4 heteroatoms. The highest BCUT2D eigenvalue weighted by Crippen LogP contribution is 2.17. The van der Waals surface area contributed by atoms with Crippen LogP contribution in [0.4, 0.5) is 11.5 Å². The predicted octanol–water partition coefficient (Wildman–Crippen LogP) is 4.63. The van der Waals surface area contributed by atoms with Gasteiger partial charge in [0.1, 0.15) is 5.82 Å². The number of aromatic nitrogens is 1. The Morgan fingerprint density at radius 1 is 1.05 bits per heavy atom. The maximum Gasteiger partial charge on any atom is 0.176 e. The number of hydrogen-bond donors (Lipinski definition) is 2. The van der Waals surface area contributed by atoms with Gasteiger partial charge in [-0.05, 0) is 67.4 Å². The summed E-state index contributed by atoms with van der Waals surface area (Å²) in [6, 6.07) is 12.3. The molecular formula is C17H21N3S. The van der Waals surface area contributed by atoms with E-state index in [0.717, 1.165) is 22.8 Å². The Bertz CT molecular complexity index is 613. The Labute approximate surface area is 131 Å². The monoisotopic (exact) mass is 299 g/mol. The lowest BCUT2D eigenvalue weighted by atomic mass is 10.0. The van der Waals surface area contributed by atoms with Crippen LogP contribution in [0.1, 0.15) is 36.6 Å². The number of aryl methyl sites for hydroxylation is 2. The zero-order valence-corrected chi connectivity index (χ0v) is 13.7. The fourth-order valence-electron chi connectivity index (χ4n) is 2.14. The Hall–Kier alpha value is -1.94. The maximum atomic E-state index is 5.33. The minimum atomic E-state index is 0.531. The van der Waals surface area contributed by atoms with Gasteiger partial charge < -0.3 is 10.6 Å². The van der Waals surface area contributed by atoms with E-state index in [-0.39, 0.29) is 0 Å². The molecule has 0 aliphatic heterocycles. The lowest BCUT2D eigenvalue weighted by molar-refractivity contribution is 0.867. The molecule has 0 amide bonds. The topological polar surface area (TPSA) is 37.0 Å². The van der Waals surface area contributed by atoms with E-state index in [2.05, 4.69) is 41.6 Å². The summed E-state index contributed by atoms with van der Waals surface area (Å²) < 4.78 is 0. The van der Waals surface area contributed by atoms with Crippen molar-refractivity contribution in [3.05, 3.63) is 53.2 Å². The number of hydrogen-bond acceptors (Lipinski definition) is 2. The normalized spacial score (nSPS) is 10.5. The second-order valence-corrected chi connectivity index (χ2v) is 5.94. The van der Waals surface area contributed by atoms with E-state index in [9.17, 15) is 0 Å². The van der Waals surface area contributed by atoms with E-state index < -0.39 is 0 Å². The molecule has 1 aromatic carbocycles. The van der Waals surface area contributed by atoms with Gasteiger partial charge in [-0.3, -0.25) is 0 Å². The number of rotatable bonds is 3. The van der Waals surface area contributed by atoms with Crippen LogP contribution in [0.25, 0.3) is 0 Å². The number of nitrogens with zero attached hydrogens (tertiary/aromatic N) is 1. The highest BCUT2D eigenvalue weighted by molar-refractivity contribution is 7.80. The van der Waals surface area contributed by atoms with Crippen molar-refractivity contribution in [2.45, 2.75) is 33.6 Å². The van der Waals surface area contributed by atoms with Crippen LogP contribution in [-0.2, 0) is 0 Å². The first kappa shape index (κ1) is 15.4. The number of pyridine rings is 1. The summed E-state index contributed by atoms with van der Waals surface area (Å²) in [4.78, 5) is 4.41. The third kappa shape index (κ3) is 4.53. The van der Waals surface area contributed by atoms with Crippen molar-refractivity contribution < 1.29 is 0 Å². The Balaban J connectivity index is 2.01. The third-order valence-electron chi connectivity index (χ3n) is 3.17. The largest absolute Gasteiger partial charge is 0.332 e. The van der Waals surface area contributed by atoms with Gasteiger partial charge in [0.2, 0.25) is 0 Å². The molecule has 0 fully saturated rings. The van der Waals surface area contributed by atoms with Crippen LogP contribution in [0.3, 0.4) is 0 Å². The first-order valence-corrected chi connectivity index (χ1v) is 7.48. The summed E-state index contributed by atoms with van der Waals surface area (Å²) in [6.45, 7) is 8.38. The van der Waals surface area contributed by atoms with Crippen LogP contribution in [-0.4, -0.2) is 10.1 Å². The second-order valence-electron chi connectivity index (χ2n) is 5.53. The number of benzene rings is 1. The van der Waals surface area contributed by atoms with E-state index in [4.69, 9.17) is 12.2 Å². The summed E-state index contributed by atoms with van der Waals surface area (Å²) in [5, 5.41) is 6.84.